The van der Waals surface area contributed by atoms with Gasteiger partial charge >= 0.3 is 5.97 Å². The Bertz CT molecular complexity index is 1110. The highest BCUT2D eigenvalue weighted by molar-refractivity contribution is 5.93. The normalized spacial score (nSPS) is 11.0. The number of nitrogens with zero attached hydrogens (tertiary/aromatic N) is 1. The van der Waals surface area contributed by atoms with Gasteiger partial charge in [-0.05, 0) is 36.8 Å². The van der Waals surface area contributed by atoms with Crippen LogP contribution < -0.4 is 5.43 Å². The maximum absolute atomic E-state index is 13.6. The van der Waals surface area contributed by atoms with Crippen molar-refractivity contribution in [2.24, 2.45) is 0 Å². The molecule has 0 saturated carbocycles. The minimum Gasteiger partial charge on any atom is -0.493 e. The number of carbonyl (C=O) groups excluding carboxylic acids is 1. The molecule has 0 saturated heterocycles. The van der Waals surface area contributed by atoms with Crippen molar-refractivity contribution in [2.75, 3.05) is 6.61 Å². The van der Waals surface area contributed by atoms with Crippen LogP contribution in [0.4, 0.5) is 13.2 Å². The molecule has 27 heavy (non-hydrogen) atoms. The summed E-state index contributed by atoms with van der Waals surface area (Å²) in [5.41, 5.74) is -1.10. The molecule has 0 radical (unpaired) electrons. The number of ether oxygens (including phenoxy) is 1. The first kappa shape index (κ1) is 18.5. The molecule has 8 heteroatoms. The Kier molecular flexibility index (Phi) is 4.89. The average Bonchev–Trinajstić information content (AvgIpc) is 2.62. The summed E-state index contributed by atoms with van der Waals surface area (Å²) in [7, 11) is 0. The van der Waals surface area contributed by atoms with E-state index in [2.05, 4.69) is 0 Å². The third-order valence-electron chi connectivity index (χ3n) is 4.02. The molecular formula is C19H14F3NO4. The van der Waals surface area contributed by atoms with E-state index in [9.17, 15) is 27.9 Å². The summed E-state index contributed by atoms with van der Waals surface area (Å²) in [6.45, 7) is 1.48. The van der Waals surface area contributed by atoms with Gasteiger partial charge in [-0.25, -0.2) is 18.0 Å². The highest BCUT2D eigenvalue weighted by atomic mass is 19.2. The SMILES string of the molecule is CCOC(=O)c1c(O)n2cc(F)ccc2c(Cc2ccc(F)c(F)c2)c1=O. The lowest BCUT2D eigenvalue weighted by molar-refractivity contribution is 0.0520. The van der Waals surface area contributed by atoms with Gasteiger partial charge in [0, 0.05) is 18.2 Å². The van der Waals surface area contributed by atoms with E-state index in [0.29, 0.717) is 0 Å². The van der Waals surface area contributed by atoms with Crippen LogP contribution in [-0.4, -0.2) is 22.1 Å². The molecule has 0 atom stereocenters. The standard InChI is InChI=1S/C19H14F3NO4/c1-2-27-19(26)16-17(24)12(7-10-3-5-13(21)14(22)8-10)15-6-4-11(20)9-23(15)18(16)25/h3-6,8-9,25H,2,7H2,1H3. The number of esters is 1. The number of aromatic nitrogens is 1. The molecule has 0 amide bonds. The molecule has 0 spiro atoms. The molecular weight excluding hydrogens is 363 g/mol. The second-order valence-corrected chi connectivity index (χ2v) is 5.75. The first-order chi connectivity index (χ1) is 12.8. The highest BCUT2D eigenvalue weighted by Gasteiger charge is 2.24. The number of carbonyl (C=O) groups is 1. The number of rotatable bonds is 4. The van der Waals surface area contributed by atoms with Crippen molar-refractivity contribution >= 4 is 11.5 Å². The van der Waals surface area contributed by atoms with Crippen LogP contribution in [0.2, 0.25) is 0 Å². The van der Waals surface area contributed by atoms with E-state index in [4.69, 9.17) is 4.74 Å². The Morgan fingerprint density at radius 2 is 1.89 bits per heavy atom. The fraction of sp³-hybridized carbons (Fsp3) is 0.158. The smallest absolute Gasteiger partial charge is 0.347 e. The largest absolute Gasteiger partial charge is 0.493 e. The number of benzene rings is 1. The zero-order valence-electron chi connectivity index (χ0n) is 14.1. The molecule has 0 unspecified atom stereocenters. The molecule has 0 fully saturated rings. The van der Waals surface area contributed by atoms with Crippen LogP contribution in [0.3, 0.4) is 0 Å². The van der Waals surface area contributed by atoms with E-state index >= 15 is 0 Å². The van der Waals surface area contributed by atoms with Crippen LogP contribution in [-0.2, 0) is 11.2 Å². The Labute approximate surface area is 151 Å². The van der Waals surface area contributed by atoms with Crippen LogP contribution in [0.25, 0.3) is 5.52 Å². The number of pyridine rings is 2. The quantitative estimate of drug-likeness (QED) is 0.709. The number of halogens is 3. The van der Waals surface area contributed by atoms with Crippen molar-refractivity contribution in [1.29, 1.82) is 0 Å². The van der Waals surface area contributed by atoms with E-state index in [1.807, 2.05) is 0 Å². The zero-order valence-corrected chi connectivity index (χ0v) is 14.1. The summed E-state index contributed by atoms with van der Waals surface area (Å²) < 4.78 is 46.0. The Morgan fingerprint density at radius 1 is 1.15 bits per heavy atom. The molecule has 2 heterocycles. The van der Waals surface area contributed by atoms with Crippen molar-refractivity contribution in [3.8, 4) is 5.88 Å². The first-order valence-corrected chi connectivity index (χ1v) is 8.00. The minimum atomic E-state index is -1.09. The average molecular weight is 377 g/mol. The van der Waals surface area contributed by atoms with Gasteiger partial charge in [-0.3, -0.25) is 9.20 Å². The van der Waals surface area contributed by atoms with Gasteiger partial charge in [0.05, 0.1) is 12.1 Å². The second-order valence-electron chi connectivity index (χ2n) is 5.75. The van der Waals surface area contributed by atoms with Crippen molar-refractivity contribution in [3.63, 3.8) is 0 Å². The molecule has 5 nitrogen and oxygen atoms in total. The van der Waals surface area contributed by atoms with E-state index in [1.54, 1.807) is 0 Å². The molecule has 0 aliphatic carbocycles. The van der Waals surface area contributed by atoms with Crippen LogP contribution >= 0.6 is 0 Å². The fourth-order valence-electron chi connectivity index (χ4n) is 2.80. The molecule has 0 bridgehead atoms. The van der Waals surface area contributed by atoms with Crippen molar-refractivity contribution < 1.29 is 27.8 Å². The summed E-state index contributed by atoms with van der Waals surface area (Å²) >= 11 is 0. The highest BCUT2D eigenvalue weighted by Crippen LogP contribution is 2.23. The fourth-order valence-corrected chi connectivity index (χ4v) is 2.80. The predicted molar refractivity (Wildman–Crippen MR) is 90.4 cm³/mol. The van der Waals surface area contributed by atoms with Crippen molar-refractivity contribution in [1.82, 2.24) is 4.40 Å². The summed E-state index contributed by atoms with van der Waals surface area (Å²) in [6, 6.07) is 5.45. The summed E-state index contributed by atoms with van der Waals surface area (Å²) in [6.07, 6.45) is 0.736. The van der Waals surface area contributed by atoms with Crippen LogP contribution in [0, 0.1) is 17.5 Å². The number of hydrogen-bond donors (Lipinski definition) is 1. The monoisotopic (exact) mass is 377 g/mol. The van der Waals surface area contributed by atoms with Gasteiger partial charge in [0.15, 0.2) is 17.2 Å². The van der Waals surface area contributed by atoms with Gasteiger partial charge in [-0.2, -0.15) is 0 Å². The van der Waals surface area contributed by atoms with Gasteiger partial charge in [0.1, 0.15) is 5.82 Å². The van der Waals surface area contributed by atoms with E-state index in [1.165, 1.54) is 19.1 Å². The lowest BCUT2D eigenvalue weighted by atomic mass is 10.0. The summed E-state index contributed by atoms with van der Waals surface area (Å²) in [5.74, 6) is -4.67. The lowest BCUT2D eigenvalue weighted by Crippen LogP contribution is -2.24. The topological polar surface area (TPSA) is 68.0 Å². The number of fused-ring (bicyclic) bond motifs is 1. The minimum absolute atomic E-state index is 0.00172. The van der Waals surface area contributed by atoms with Gasteiger partial charge < -0.3 is 9.84 Å². The zero-order chi connectivity index (χ0) is 19.7. The van der Waals surface area contributed by atoms with Crippen molar-refractivity contribution in [2.45, 2.75) is 13.3 Å². The molecule has 1 aromatic carbocycles. The van der Waals surface area contributed by atoms with E-state index in [0.717, 1.165) is 28.8 Å². The number of aromatic hydroxyl groups is 1. The maximum atomic E-state index is 13.6. The third-order valence-corrected chi connectivity index (χ3v) is 4.02. The number of hydrogen-bond acceptors (Lipinski definition) is 4. The van der Waals surface area contributed by atoms with E-state index in [-0.39, 0.29) is 29.7 Å². The summed E-state index contributed by atoms with van der Waals surface area (Å²) in [5, 5.41) is 10.3. The molecule has 0 aliphatic heterocycles. The van der Waals surface area contributed by atoms with Gasteiger partial charge in [0.2, 0.25) is 11.3 Å². The molecule has 2 aromatic heterocycles. The maximum Gasteiger partial charge on any atom is 0.347 e. The Balaban J connectivity index is 2.28. The summed E-state index contributed by atoms with van der Waals surface area (Å²) in [4.78, 5) is 24.9. The van der Waals surface area contributed by atoms with E-state index < -0.39 is 40.3 Å². The second kappa shape index (κ2) is 7.14. The van der Waals surface area contributed by atoms with Crippen LogP contribution in [0.5, 0.6) is 5.88 Å². The van der Waals surface area contributed by atoms with Gasteiger partial charge in [-0.15, -0.1) is 0 Å². The molecule has 3 rings (SSSR count). The molecule has 0 aliphatic rings. The Morgan fingerprint density at radius 3 is 2.56 bits per heavy atom. The van der Waals surface area contributed by atoms with Crippen molar-refractivity contribution in [3.05, 3.63) is 80.9 Å². The van der Waals surface area contributed by atoms with Crippen LogP contribution in [0.15, 0.2) is 41.3 Å². The predicted octanol–water partition coefficient (Wildman–Crippen LogP) is 3.19. The first-order valence-electron chi connectivity index (χ1n) is 8.00. The molecule has 140 valence electrons. The van der Waals surface area contributed by atoms with Crippen LogP contribution in [0.1, 0.15) is 28.4 Å². The molecule has 1 N–H and O–H groups in total. The van der Waals surface area contributed by atoms with Gasteiger partial charge in [0.25, 0.3) is 0 Å². The molecule has 3 aromatic rings. The third kappa shape index (κ3) is 3.38. The van der Waals surface area contributed by atoms with Gasteiger partial charge in [-0.1, -0.05) is 6.07 Å². The Hall–Kier alpha value is -3.29. The lowest BCUT2D eigenvalue weighted by Gasteiger charge is -2.13.